The molecule has 3 aliphatic rings. The van der Waals surface area contributed by atoms with Crippen molar-refractivity contribution in [2.75, 3.05) is 24.6 Å². The van der Waals surface area contributed by atoms with E-state index in [9.17, 15) is 24.3 Å². The van der Waals surface area contributed by atoms with Crippen LogP contribution in [0.1, 0.15) is 49.8 Å². The normalized spacial score (nSPS) is 25.5. The van der Waals surface area contributed by atoms with Crippen molar-refractivity contribution in [1.29, 1.82) is 0 Å². The van der Waals surface area contributed by atoms with Gasteiger partial charge in [-0.3, -0.25) is 19.2 Å². The first-order chi connectivity index (χ1) is 22.6. The average molecular weight is 664 g/mol. The molecule has 0 radical (unpaired) electrons. The first kappa shape index (κ1) is 34.3. The zero-order chi connectivity index (χ0) is 33.9. The van der Waals surface area contributed by atoms with Crippen LogP contribution in [0.25, 0.3) is 0 Å². The predicted octanol–water partition coefficient (Wildman–Crippen LogP) is 4.29. The Hall–Kier alpha value is -3.99. The number of esters is 1. The number of amides is 3. The summed E-state index contributed by atoms with van der Waals surface area (Å²) in [7, 11) is 0. The largest absolute Gasteiger partial charge is 0.455 e. The number of aliphatic hydroxyl groups excluding tert-OH is 1. The number of benzene rings is 2. The number of carbonyl (C=O) groups excluding carboxylic acids is 4. The maximum Gasteiger partial charge on any atom is 0.313 e. The van der Waals surface area contributed by atoms with Crippen LogP contribution in [0.4, 0.5) is 5.69 Å². The van der Waals surface area contributed by atoms with Gasteiger partial charge in [-0.05, 0) is 50.3 Å². The van der Waals surface area contributed by atoms with Crippen molar-refractivity contribution in [3.05, 3.63) is 90.0 Å². The SMILES string of the molecule is C=CCCC(=O)N[C@H](C)[C@@H](OC(=O)[C@@H]1[C@H]2C(=O)N(CCO)[C@H](C(=O)N(CC=C)c3c(C)cccc3Cl)[C@]23CC[C@H]1O3)c1ccccc1. The zero-order valence-corrected chi connectivity index (χ0v) is 27.5. The monoisotopic (exact) mass is 663 g/mol. The number of β-amino-alcohol motifs (C(OH)–C–C–N with tert-alkyl or cyclic N) is 1. The number of aryl methyl sites for hydroxylation is 1. The fourth-order valence-corrected chi connectivity index (χ4v) is 7.85. The first-order valence-electron chi connectivity index (χ1n) is 16.0. The molecule has 250 valence electrons. The second-order valence-electron chi connectivity index (χ2n) is 12.4. The lowest BCUT2D eigenvalue weighted by Crippen LogP contribution is -2.57. The van der Waals surface area contributed by atoms with Crippen molar-refractivity contribution in [3.8, 4) is 0 Å². The molecule has 0 saturated carbocycles. The number of likely N-dealkylation sites (tertiary alicyclic amines) is 1. The van der Waals surface area contributed by atoms with Crippen LogP contribution in [0.15, 0.2) is 73.8 Å². The third kappa shape index (κ3) is 6.34. The highest BCUT2D eigenvalue weighted by Crippen LogP contribution is 2.59. The van der Waals surface area contributed by atoms with E-state index in [1.807, 2.05) is 43.3 Å². The Labute approximate surface area is 280 Å². The number of rotatable bonds is 14. The van der Waals surface area contributed by atoms with Crippen molar-refractivity contribution in [3.63, 3.8) is 0 Å². The third-order valence-corrected chi connectivity index (χ3v) is 9.78. The van der Waals surface area contributed by atoms with E-state index >= 15 is 0 Å². The minimum atomic E-state index is -1.31. The van der Waals surface area contributed by atoms with Gasteiger partial charge in [-0.2, -0.15) is 0 Å². The Bertz CT molecular complexity index is 1510. The van der Waals surface area contributed by atoms with Crippen LogP contribution in [0, 0.1) is 18.8 Å². The topological polar surface area (TPSA) is 125 Å². The van der Waals surface area contributed by atoms with Crippen LogP contribution >= 0.6 is 11.6 Å². The van der Waals surface area contributed by atoms with Crippen LogP contribution in [0.3, 0.4) is 0 Å². The van der Waals surface area contributed by atoms with Crippen molar-refractivity contribution in [2.24, 2.45) is 11.8 Å². The van der Waals surface area contributed by atoms with E-state index in [-0.39, 0.29) is 32.0 Å². The molecule has 0 aliphatic carbocycles. The second-order valence-corrected chi connectivity index (χ2v) is 12.8. The summed E-state index contributed by atoms with van der Waals surface area (Å²) in [5.74, 6) is -3.71. The summed E-state index contributed by atoms with van der Waals surface area (Å²) < 4.78 is 12.7. The molecule has 7 atom stereocenters. The molecular weight excluding hydrogens is 622 g/mol. The van der Waals surface area contributed by atoms with Crippen molar-refractivity contribution in [1.82, 2.24) is 10.2 Å². The van der Waals surface area contributed by atoms with Gasteiger partial charge < -0.3 is 29.7 Å². The predicted molar refractivity (Wildman–Crippen MR) is 177 cm³/mol. The molecule has 2 bridgehead atoms. The number of halogens is 1. The maximum absolute atomic E-state index is 14.6. The number of para-hydroxylation sites is 1. The fourth-order valence-electron chi connectivity index (χ4n) is 7.52. The Kier molecular flexibility index (Phi) is 10.5. The maximum atomic E-state index is 14.6. The second kappa shape index (κ2) is 14.4. The van der Waals surface area contributed by atoms with Crippen molar-refractivity contribution >= 4 is 41.0 Å². The molecule has 2 aromatic carbocycles. The van der Waals surface area contributed by atoms with Gasteiger partial charge in [0.2, 0.25) is 11.8 Å². The number of ether oxygens (including phenoxy) is 2. The molecule has 5 rings (SSSR count). The summed E-state index contributed by atoms with van der Waals surface area (Å²) in [6, 6.07) is 12.7. The van der Waals surface area contributed by atoms with Crippen LogP contribution in [-0.2, 0) is 28.7 Å². The lowest BCUT2D eigenvalue weighted by Gasteiger charge is -2.37. The van der Waals surface area contributed by atoms with Gasteiger partial charge in [0.1, 0.15) is 17.7 Å². The molecule has 1 spiro atoms. The van der Waals surface area contributed by atoms with E-state index in [1.54, 1.807) is 31.2 Å². The van der Waals surface area contributed by atoms with E-state index in [4.69, 9.17) is 21.1 Å². The van der Waals surface area contributed by atoms with Gasteiger partial charge in [0.05, 0.1) is 41.3 Å². The number of hydrogen-bond acceptors (Lipinski definition) is 7. The summed E-state index contributed by atoms with van der Waals surface area (Å²) >= 11 is 6.60. The standard InChI is InChI=1S/C36H42ClN3O7/c1-5-7-16-27(42)38-23(4)31(24-13-9-8-10-14-24)46-35(45)28-26-17-18-36(47-26)29(28)33(43)40(20-21-41)32(36)34(44)39(19-6-2)30-22(3)12-11-15-25(30)37/h5-6,8-15,23,26,28-29,31-32,41H,1-2,7,16-21H2,3-4H3,(H,38,42)/t23-,26-,28+,29+,31-,32-,36+/m1/s1. The van der Waals surface area contributed by atoms with E-state index < -0.39 is 59.5 Å². The molecule has 3 fully saturated rings. The molecule has 47 heavy (non-hydrogen) atoms. The highest BCUT2D eigenvalue weighted by atomic mass is 35.5. The summed E-state index contributed by atoms with van der Waals surface area (Å²) in [5, 5.41) is 13.3. The summed E-state index contributed by atoms with van der Waals surface area (Å²) in [4.78, 5) is 58.4. The number of nitrogens with one attached hydrogen (secondary N) is 1. The van der Waals surface area contributed by atoms with Gasteiger partial charge in [0.15, 0.2) is 0 Å². The summed E-state index contributed by atoms with van der Waals surface area (Å²) in [6.45, 7) is 10.7. The summed E-state index contributed by atoms with van der Waals surface area (Å²) in [5.41, 5.74) is 0.627. The van der Waals surface area contributed by atoms with Gasteiger partial charge in [-0.25, -0.2) is 0 Å². The van der Waals surface area contributed by atoms with Gasteiger partial charge in [0.25, 0.3) is 5.91 Å². The average Bonchev–Trinajstić information content (AvgIpc) is 3.69. The number of allylic oxidation sites excluding steroid dienone is 1. The van der Waals surface area contributed by atoms with Crippen molar-refractivity contribution < 1.29 is 33.8 Å². The lowest BCUT2D eigenvalue weighted by atomic mass is 9.70. The number of nitrogens with zero attached hydrogens (tertiary/aromatic N) is 2. The third-order valence-electron chi connectivity index (χ3n) is 9.47. The number of hydrogen-bond donors (Lipinski definition) is 2. The van der Waals surface area contributed by atoms with E-state index in [0.717, 1.165) is 5.56 Å². The molecule has 3 amide bonds. The molecule has 0 aromatic heterocycles. The molecule has 2 N–H and O–H groups in total. The molecular formula is C36H42ClN3O7. The Balaban J connectivity index is 1.47. The number of fused-ring (bicyclic) bond motifs is 1. The Morgan fingerprint density at radius 2 is 1.94 bits per heavy atom. The van der Waals surface area contributed by atoms with Gasteiger partial charge in [-0.1, -0.05) is 66.2 Å². The van der Waals surface area contributed by atoms with Crippen LogP contribution in [0.2, 0.25) is 5.02 Å². The number of aliphatic hydroxyl groups is 1. The van der Waals surface area contributed by atoms with Crippen LogP contribution in [-0.4, -0.2) is 77.2 Å². The van der Waals surface area contributed by atoms with Gasteiger partial charge >= 0.3 is 5.97 Å². The van der Waals surface area contributed by atoms with Crippen molar-refractivity contribution in [2.45, 2.75) is 69.4 Å². The molecule has 3 heterocycles. The molecule has 11 heteroatoms. The molecule has 0 unspecified atom stereocenters. The molecule has 3 aliphatic heterocycles. The van der Waals surface area contributed by atoms with E-state index in [1.165, 1.54) is 9.80 Å². The number of anilines is 1. The van der Waals surface area contributed by atoms with E-state index in [2.05, 4.69) is 18.5 Å². The summed E-state index contributed by atoms with van der Waals surface area (Å²) in [6.07, 6.45) is 3.31. The van der Waals surface area contributed by atoms with E-state index in [0.29, 0.717) is 35.5 Å². The lowest BCUT2D eigenvalue weighted by molar-refractivity contribution is -0.162. The fraction of sp³-hybridized carbons (Fsp3) is 0.444. The first-order valence-corrected chi connectivity index (χ1v) is 16.4. The van der Waals surface area contributed by atoms with Gasteiger partial charge in [0, 0.05) is 19.5 Å². The Morgan fingerprint density at radius 1 is 1.19 bits per heavy atom. The molecule has 10 nitrogen and oxygen atoms in total. The highest BCUT2D eigenvalue weighted by Gasteiger charge is 2.75. The minimum absolute atomic E-state index is 0.117. The Morgan fingerprint density at radius 3 is 2.60 bits per heavy atom. The quantitative estimate of drug-likeness (QED) is 0.228. The molecule has 3 saturated heterocycles. The minimum Gasteiger partial charge on any atom is -0.455 e. The number of carbonyl (C=O) groups is 4. The zero-order valence-electron chi connectivity index (χ0n) is 26.8. The van der Waals surface area contributed by atoms with Crippen LogP contribution in [0.5, 0.6) is 0 Å². The van der Waals surface area contributed by atoms with Gasteiger partial charge in [-0.15, -0.1) is 13.2 Å². The van der Waals surface area contributed by atoms with Crippen LogP contribution < -0.4 is 10.2 Å². The molecule has 2 aromatic rings. The highest BCUT2D eigenvalue weighted by molar-refractivity contribution is 6.34. The smallest absolute Gasteiger partial charge is 0.313 e.